The maximum absolute atomic E-state index is 9.62. The SMILES string of the molecule is CC(C)(O)COC(C)(C)Cc1ccccc1. The summed E-state index contributed by atoms with van der Waals surface area (Å²) in [5, 5.41) is 9.62. The van der Waals surface area contributed by atoms with E-state index in [4.69, 9.17) is 4.74 Å². The molecule has 1 aromatic rings. The summed E-state index contributed by atoms with van der Waals surface area (Å²) in [4.78, 5) is 0. The van der Waals surface area contributed by atoms with Gasteiger partial charge >= 0.3 is 0 Å². The number of aliphatic hydroxyl groups is 1. The van der Waals surface area contributed by atoms with Gasteiger partial charge in [-0.3, -0.25) is 0 Å². The van der Waals surface area contributed by atoms with Crippen LogP contribution in [0.1, 0.15) is 33.3 Å². The van der Waals surface area contributed by atoms with Crippen molar-refractivity contribution in [3.63, 3.8) is 0 Å². The Hall–Kier alpha value is -0.860. The first-order chi connectivity index (χ1) is 7.29. The number of hydrogen-bond acceptors (Lipinski definition) is 2. The maximum atomic E-state index is 9.62. The number of benzene rings is 1. The maximum Gasteiger partial charge on any atom is 0.0824 e. The first-order valence-corrected chi connectivity index (χ1v) is 5.69. The van der Waals surface area contributed by atoms with Crippen LogP contribution in [0, 0.1) is 0 Å². The van der Waals surface area contributed by atoms with Crippen LogP contribution in [0.5, 0.6) is 0 Å². The third-order valence-electron chi connectivity index (χ3n) is 2.29. The van der Waals surface area contributed by atoms with Crippen LogP contribution in [0.2, 0.25) is 0 Å². The van der Waals surface area contributed by atoms with Crippen molar-refractivity contribution in [2.45, 2.75) is 45.3 Å². The molecule has 0 bridgehead atoms. The summed E-state index contributed by atoms with van der Waals surface area (Å²) in [5.41, 5.74) is 0.234. The molecular formula is C14H22O2. The zero-order valence-corrected chi connectivity index (χ0v) is 10.7. The van der Waals surface area contributed by atoms with Gasteiger partial charge in [-0.15, -0.1) is 0 Å². The molecule has 0 spiro atoms. The average molecular weight is 222 g/mol. The number of hydrogen-bond donors (Lipinski definition) is 1. The van der Waals surface area contributed by atoms with Crippen LogP contribution >= 0.6 is 0 Å². The first-order valence-electron chi connectivity index (χ1n) is 5.69. The lowest BCUT2D eigenvalue weighted by molar-refractivity contribution is -0.0904. The molecule has 0 aliphatic heterocycles. The van der Waals surface area contributed by atoms with Gasteiger partial charge in [0.2, 0.25) is 0 Å². The molecule has 2 nitrogen and oxygen atoms in total. The fraction of sp³-hybridized carbons (Fsp3) is 0.571. The molecule has 0 aromatic heterocycles. The van der Waals surface area contributed by atoms with Crippen molar-refractivity contribution in [2.24, 2.45) is 0 Å². The van der Waals surface area contributed by atoms with E-state index >= 15 is 0 Å². The molecule has 1 rings (SSSR count). The van der Waals surface area contributed by atoms with Crippen LogP contribution in [0.4, 0.5) is 0 Å². The lowest BCUT2D eigenvalue weighted by atomic mass is 9.98. The van der Waals surface area contributed by atoms with Gasteiger partial charge in [-0.05, 0) is 33.3 Å². The molecule has 0 amide bonds. The Labute approximate surface area is 98.3 Å². The van der Waals surface area contributed by atoms with Gasteiger partial charge in [0.1, 0.15) is 0 Å². The Morgan fingerprint density at radius 1 is 1.06 bits per heavy atom. The van der Waals surface area contributed by atoms with E-state index in [-0.39, 0.29) is 5.60 Å². The monoisotopic (exact) mass is 222 g/mol. The van der Waals surface area contributed by atoms with E-state index in [0.717, 1.165) is 6.42 Å². The van der Waals surface area contributed by atoms with Crippen molar-refractivity contribution in [3.8, 4) is 0 Å². The van der Waals surface area contributed by atoms with Gasteiger partial charge < -0.3 is 9.84 Å². The van der Waals surface area contributed by atoms with E-state index in [9.17, 15) is 5.11 Å². The Kier molecular flexibility index (Phi) is 4.11. The summed E-state index contributed by atoms with van der Waals surface area (Å²) in [6.45, 7) is 7.96. The van der Waals surface area contributed by atoms with Crippen molar-refractivity contribution in [2.75, 3.05) is 6.61 Å². The van der Waals surface area contributed by atoms with Gasteiger partial charge in [0.05, 0.1) is 17.8 Å². The lowest BCUT2D eigenvalue weighted by Crippen LogP contribution is -2.35. The van der Waals surface area contributed by atoms with Crippen LogP contribution in [-0.4, -0.2) is 22.9 Å². The van der Waals surface area contributed by atoms with Crippen LogP contribution in [-0.2, 0) is 11.2 Å². The van der Waals surface area contributed by atoms with E-state index in [1.54, 1.807) is 13.8 Å². The molecule has 0 aliphatic carbocycles. The molecule has 0 atom stereocenters. The third kappa shape index (κ3) is 5.29. The molecule has 0 saturated carbocycles. The van der Waals surface area contributed by atoms with Gasteiger partial charge in [0.25, 0.3) is 0 Å². The van der Waals surface area contributed by atoms with E-state index in [0.29, 0.717) is 6.61 Å². The van der Waals surface area contributed by atoms with Crippen LogP contribution in [0.3, 0.4) is 0 Å². The molecular weight excluding hydrogens is 200 g/mol. The van der Waals surface area contributed by atoms with Crippen molar-refractivity contribution in [1.29, 1.82) is 0 Å². The Morgan fingerprint density at radius 3 is 2.12 bits per heavy atom. The fourth-order valence-electron chi connectivity index (χ4n) is 1.51. The minimum Gasteiger partial charge on any atom is -0.388 e. The highest BCUT2D eigenvalue weighted by atomic mass is 16.5. The molecule has 16 heavy (non-hydrogen) atoms. The highest BCUT2D eigenvalue weighted by molar-refractivity contribution is 5.16. The second-order valence-corrected chi connectivity index (χ2v) is 5.52. The van der Waals surface area contributed by atoms with E-state index < -0.39 is 5.60 Å². The third-order valence-corrected chi connectivity index (χ3v) is 2.29. The number of ether oxygens (including phenoxy) is 1. The highest BCUT2D eigenvalue weighted by Crippen LogP contribution is 2.18. The molecule has 0 unspecified atom stereocenters. The van der Waals surface area contributed by atoms with E-state index in [1.165, 1.54) is 5.56 Å². The summed E-state index contributed by atoms with van der Waals surface area (Å²) < 4.78 is 5.75. The molecule has 0 saturated heterocycles. The molecule has 0 fully saturated rings. The van der Waals surface area contributed by atoms with E-state index in [2.05, 4.69) is 12.1 Å². The minimum atomic E-state index is -0.770. The largest absolute Gasteiger partial charge is 0.388 e. The normalized spacial score (nSPS) is 12.8. The predicted molar refractivity (Wildman–Crippen MR) is 66.5 cm³/mol. The molecule has 0 heterocycles. The summed E-state index contributed by atoms with van der Waals surface area (Å²) >= 11 is 0. The average Bonchev–Trinajstić information content (AvgIpc) is 2.15. The van der Waals surface area contributed by atoms with Gasteiger partial charge in [0.15, 0.2) is 0 Å². The highest BCUT2D eigenvalue weighted by Gasteiger charge is 2.23. The van der Waals surface area contributed by atoms with Crippen molar-refractivity contribution in [1.82, 2.24) is 0 Å². The standard InChI is InChI=1S/C14H22O2/c1-13(2,15)11-16-14(3,4)10-12-8-6-5-7-9-12/h5-9,15H,10-11H2,1-4H3. The van der Waals surface area contributed by atoms with Crippen molar-refractivity contribution >= 4 is 0 Å². The summed E-state index contributed by atoms with van der Waals surface area (Å²) in [6, 6.07) is 10.3. The molecule has 1 N–H and O–H groups in total. The molecule has 0 aliphatic rings. The van der Waals surface area contributed by atoms with Crippen molar-refractivity contribution < 1.29 is 9.84 Å². The Bertz CT molecular complexity index is 309. The van der Waals surface area contributed by atoms with Gasteiger partial charge in [0, 0.05) is 6.42 Å². The van der Waals surface area contributed by atoms with Crippen LogP contribution in [0.15, 0.2) is 30.3 Å². The van der Waals surface area contributed by atoms with Crippen LogP contribution < -0.4 is 0 Å². The van der Waals surface area contributed by atoms with E-state index in [1.807, 2.05) is 32.0 Å². The van der Waals surface area contributed by atoms with Crippen molar-refractivity contribution in [3.05, 3.63) is 35.9 Å². The Balaban J connectivity index is 2.52. The zero-order valence-electron chi connectivity index (χ0n) is 10.7. The molecule has 0 radical (unpaired) electrons. The lowest BCUT2D eigenvalue weighted by Gasteiger charge is -2.29. The topological polar surface area (TPSA) is 29.5 Å². The first kappa shape index (κ1) is 13.2. The summed E-state index contributed by atoms with van der Waals surface area (Å²) in [6.07, 6.45) is 0.851. The summed E-state index contributed by atoms with van der Waals surface area (Å²) in [5.74, 6) is 0. The molecule has 1 aromatic carbocycles. The predicted octanol–water partition coefficient (Wildman–Crippen LogP) is 2.80. The zero-order chi connectivity index (χ0) is 12.2. The Morgan fingerprint density at radius 2 is 1.62 bits per heavy atom. The summed E-state index contributed by atoms with van der Waals surface area (Å²) in [7, 11) is 0. The molecule has 90 valence electrons. The van der Waals surface area contributed by atoms with Gasteiger partial charge in [-0.25, -0.2) is 0 Å². The quantitative estimate of drug-likeness (QED) is 0.830. The molecule has 2 heteroatoms. The smallest absolute Gasteiger partial charge is 0.0824 e. The second kappa shape index (κ2) is 4.98. The fourth-order valence-corrected chi connectivity index (χ4v) is 1.51. The van der Waals surface area contributed by atoms with Crippen LogP contribution in [0.25, 0.3) is 0 Å². The second-order valence-electron chi connectivity index (χ2n) is 5.52. The number of rotatable bonds is 5. The van der Waals surface area contributed by atoms with Gasteiger partial charge in [-0.2, -0.15) is 0 Å². The minimum absolute atomic E-state index is 0.249. The van der Waals surface area contributed by atoms with Gasteiger partial charge in [-0.1, -0.05) is 30.3 Å².